The number of allylic oxidation sites excluding steroid dienone is 1. The first-order chi connectivity index (χ1) is 22.5. The second-order valence-electron chi connectivity index (χ2n) is 11.0. The van der Waals surface area contributed by atoms with Crippen molar-refractivity contribution in [3.63, 3.8) is 0 Å². The third-order valence-electron chi connectivity index (χ3n) is 7.84. The Labute approximate surface area is 268 Å². The zero-order chi connectivity index (χ0) is 32.5. The molecule has 0 bridgehead atoms. The van der Waals surface area contributed by atoms with Gasteiger partial charge < -0.3 is 40.7 Å². The molecule has 2 fully saturated rings. The number of benzene rings is 1. The quantitative estimate of drug-likeness (QED) is 0.163. The maximum Gasteiger partial charge on any atom is 0.238 e. The number of aromatic amines is 1. The summed E-state index contributed by atoms with van der Waals surface area (Å²) in [6, 6.07) is 5.87. The predicted octanol–water partition coefficient (Wildman–Crippen LogP) is 3.41. The number of aromatic nitrogens is 5. The van der Waals surface area contributed by atoms with Crippen LogP contribution >= 0.6 is 0 Å². The zero-order valence-corrected chi connectivity index (χ0v) is 26.5. The minimum absolute atomic E-state index is 0.0249. The standard InChI is InChI=1S/C31H38N10O3.CH3N/c1-20-13-34-30(35-14-21(2)32-3)39-28(20)25-17-33-29-24(25)5-4-6-26(29)38-27(42)19-40-8-7-22(18-40)44-23-15-36-31(37-16-23)41-9-11-43-12-10-41;1-2/h4-6,13-17,22,32-33H,7-12,18-19H2,1-3H3,(H,38,42)(H,34,35,39);2H,1H2/b21-14-;. The molecule has 2 aliphatic heterocycles. The van der Waals surface area contributed by atoms with Crippen molar-refractivity contribution in [2.24, 2.45) is 0 Å². The summed E-state index contributed by atoms with van der Waals surface area (Å²) < 4.78 is 11.5. The van der Waals surface area contributed by atoms with Crippen molar-refractivity contribution < 1.29 is 14.3 Å². The summed E-state index contributed by atoms with van der Waals surface area (Å²) in [4.78, 5) is 38.8. The van der Waals surface area contributed by atoms with E-state index >= 15 is 0 Å². The summed E-state index contributed by atoms with van der Waals surface area (Å²) in [6.07, 6.45) is 9.80. The molecule has 1 aromatic carbocycles. The molecule has 14 nitrogen and oxygen atoms in total. The van der Waals surface area contributed by atoms with Crippen molar-refractivity contribution in [3.8, 4) is 17.0 Å². The van der Waals surface area contributed by atoms with Crippen molar-refractivity contribution >= 4 is 41.1 Å². The van der Waals surface area contributed by atoms with E-state index < -0.39 is 0 Å². The van der Waals surface area contributed by atoms with Gasteiger partial charge in [0, 0.05) is 68.5 Å². The maximum atomic E-state index is 13.1. The first-order valence-corrected chi connectivity index (χ1v) is 15.2. The van der Waals surface area contributed by atoms with Crippen molar-refractivity contribution in [1.82, 2.24) is 35.1 Å². The lowest BCUT2D eigenvalue weighted by Gasteiger charge is -2.26. The molecule has 4 aromatic rings. The van der Waals surface area contributed by atoms with Gasteiger partial charge in [0.2, 0.25) is 17.8 Å². The molecule has 46 heavy (non-hydrogen) atoms. The number of para-hydroxylation sites is 1. The fourth-order valence-electron chi connectivity index (χ4n) is 5.40. The van der Waals surface area contributed by atoms with Crippen LogP contribution in [0.15, 0.2) is 54.9 Å². The third-order valence-corrected chi connectivity index (χ3v) is 7.84. The highest BCUT2D eigenvalue weighted by molar-refractivity contribution is 6.06. The molecule has 2 saturated heterocycles. The third kappa shape index (κ3) is 7.76. The molecule has 242 valence electrons. The molecular formula is C32H41N11O3. The molecule has 0 spiro atoms. The second kappa shape index (κ2) is 15.3. The van der Waals surface area contributed by atoms with E-state index in [9.17, 15) is 4.79 Å². The monoisotopic (exact) mass is 627 g/mol. The second-order valence-corrected chi connectivity index (χ2v) is 11.0. The van der Waals surface area contributed by atoms with Crippen molar-refractivity contribution in [2.45, 2.75) is 26.4 Å². The number of ether oxygens (including phenoxy) is 2. The number of rotatable bonds is 10. The fourth-order valence-corrected chi connectivity index (χ4v) is 5.40. The number of hydrogen-bond donors (Lipinski definition) is 5. The molecule has 1 amide bonds. The van der Waals surface area contributed by atoms with Gasteiger partial charge in [0.1, 0.15) is 6.10 Å². The molecule has 5 heterocycles. The Morgan fingerprint density at radius 3 is 2.72 bits per heavy atom. The van der Waals surface area contributed by atoms with E-state index in [1.165, 1.54) is 0 Å². The number of carbonyl (C=O) groups is 1. The molecule has 0 saturated carbocycles. The Bertz CT molecular complexity index is 1650. The Morgan fingerprint density at radius 2 is 1.96 bits per heavy atom. The van der Waals surface area contributed by atoms with E-state index in [2.05, 4.69) is 52.4 Å². The first kappa shape index (κ1) is 32.3. The normalized spacial score (nSPS) is 16.9. The Balaban J connectivity index is 0.00000204. The summed E-state index contributed by atoms with van der Waals surface area (Å²) in [7, 11) is 1.86. The van der Waals surface area contributed by atoms with Crippen LogP contribution in [0.3, 0.4) is 0 Å². The van der Waals surface area contributed by atoms with Crippen molar-refractivity contribution in [3.05, 3.63) is 60.4 Å². The van der Waals surface area contributed by atoms with E-state index in [0.717, 1.165) is 65.2 Å². The summed E-state index contributed by atoms with van der Waals surface area (Å²) in [6.45, 7) is 11.1. The van der Waals surface area contributed by atoms with Gasteiger partial charge in [0.15, 0.2) is 5.75 Å². The Hall–Kier alpha value is -5.08. The lowest BCUT2D eigenvalue weighted by molar-refractivity contribution is -0.117. The average Bonchev–Trinajstić information content (AvgIpc) is 3.73. The molecule has 0 radical (unpaired) electrons. The molecule has 2 aliphatic rings. The minimum Gasteiger partial charge on any atom is -0.486 e. The topological polar surface area (TPSA) is 169 Å². The molecule has 1 unspecified atom stereocenters. The van der Waals surface area contributed by atoms with E-state index in [0.29, 0.717) is 37.4 Å². The summed E-state index contributed by atoms with van der Waals surface area (Å²) >= 11 is 0. The number of aryl methyl sites for hydroxylation is 1. The number of morpholine rings is 1. The van der Waals surface area contributed by atoms with Gasteiger partial charge in [-0.25, -0.2) is 19.9 Å². The number of nitrogens with one attached hydrogen (secondary N) is 5. The summed E-state index contributed by atoms with van der Waals surface area (Å²) in [5, 5.41) is 15.8. The molecule has 1 atom stereocenters. The van der Waals surface area contributed by atoms with E-state index in [4.69, 9.17) is 19.9 Å². The lowest BCUT2D eigenvalue weighted by Crippen LogP contribution is -2.37. The van der Waals surface area contributed by atoms with Gasteiger partial charge in [-0.1, -0.05) is 12.1 Å². The van der Waals surface area contributed by atoms with Crippen LogP contribution in [0.4, 0.5) is 17.6 Å². The van der Waals surface area contributed by atoms with Gasteiger partial charge in [-0.3, -0.25) is 9.69 Å². The number of anilines is 3. The highest BCUT2D eigenvalue weighted by Crippen LogP contribution is 2.33. The molecule has 5 N–H and O–H groups in total. The number of hydrogen-bond acceptors (Lipinski definition) is 12. The van der Waals surface area contributed by atoms with Gasteiger partial charge in [0.25, 0.3) is 0 Å². The van der Waals surface area contributed by atoms with E-state index in [1.54, 1.807) is 18.6 Å². The van der Waals surface area contributed by atoms with Gasteiger partial charge in [-0.2, -0.15) is 0 Å². The molecular weight excluding hydrogens is 586 g/mol. The molecule has 3 aromatic heterocycles. The number of H-pyrrole nitrogens is 1. The smallest absolute Gasteiger partial charge is 0.238 e. The van der Waals surface area contributed by atoms with E-state index in [-0.39, 0.29) is 18.6 Å². The maximum absolute atomic E-state index is 13.1. The summed E-state index contributed by atoms with van der Waals surface area (Å²) in [5.41, 5.74) is 5.24. The van der Waals surface area contributed by atoms with Gasteiger partial charge in [0.05, 0.1) is 49.1 Å². The van der Waals surface area contributed by atoms with Crippen LogP contribution < -0.4 is 25.6 Å². The number of carbonyl (C=O) groups excluding carboxylic acids is 1. The lowest BCUT2D eigenvalue weighted by atomic mass is 10.1. The van der Waals surface area contributed by atoms with Gasteiger partial charge >= 0.3 is 0 Å². The number of amides is 1. The molecule has 6 rings (SSSR count). The predicted molar refractivity (Wildman–Crippen MR) is 180 cm³/mol. The van der Waals surface area contributed by atoms with E-state index in [1.807, 2.05) is 51.5 Å². The van der Waals surface area contributed by atoms with Crippen LogP contribution in [-0.4, -0.2) is 102 Å². The average molecular weight is 628 g/mol. The highest BCUT2D eigenvalue weighted by atomic mass is 16.5. The number of likely N-dealkylation sites (tertiary alicyclic amines) is 1. The Morgan fingerprint density at radius 1 is 1.17 bits per heavy atom. The Kier molecular flexibility index (Phi) is 10.7. The van der Waals surface area contributed by atoms with Crippen LogP contribution in [0.2, 0.25) is 0 Å². The number of fused-ring (bicyclic) bond motifs is 1. The summed E-state index contributed by atoms with van der Waals surface area (Å²) in [5.74, 6) is 1.75. The van der Waals surface area contributed by atoms with Gasteiger partial charge in [-0.05, 0) is 38.6 Å². The SMILES string of the molecule is C=N.CN/C(C)=C\Nc1ncc(C)c(-c2c[nH]c3c(NC(=O)CN4CCC(Oc5cnc(N6CCOCC6)nc5)C4)cccc23)n1. The van der Waals surface area contributed by atoms with Crippen LogP contribution in [0.1, 0.15) is 18.9 Å². The van der Waals surface area contributed by atoms with Crippen molar-refractivity contribution in [1.29, 1.82) is 5.41 Å². The first-order valence-electron chi connectivity index (χ1n) is 15.2. The van der Waals surface area contributed by atoms with Crippen LogP contribution in [-0.2, 0) is 9.53 Å². The highest BCUT2D eigenvalue weighted by Gasteiger charge is 2.26. The number of nitrogens with zero attached hydrogens (tertiary/aromatic N) is 6. The molecule has 14 heteroatoms. The van der Waals surface area contributed by atoms with Crippen LogP contribution in [0, 0.1) is 12.3 Å². The van der Waals surface area contributed by atoms with Crippen molar-refractivity contribution in [2.75, 3.05) is 68.5 Å². The van der Waals surface area contributed by atoms with Crippen LogP contribution in [0.5, 0.6) is 5.75 Å². The largest absolute Gasteiger partial charge is 0.486 e. The van der Waals surface area contributed by atoms with Gasteiger partial charge in [-0.15, -0.1) is 0 Å². The molecule has 0 aliphatic carbocycles. The minimum atomic E-state index is -0.0797. The van der Waals surface area contributed by atoms with Crippen LogP contribution in [0.25, 0.3) is 22.2 Å². The fraction of sp³-hybridized carbons (Fsp3) is 0.375. The zero-order valence-electron chi connectivity index (χ0n) is 26.5.